The standard InChI is InChI=1S/C15H12O/c16-15-10-12-6-2-1-5-11(12)9-13-7-3-4-8-14(13)15/h1-9,16H,10H2. The van der Waals surface area contributed by atoms with Gasteiger partial charge in [0.25, 0.3) is 0 Å². The molecule has 0 radical (unpaired) electrons. The molecule has 78 valence electrons. The minimum Gasteiger partial charge on any atom is -0.511 e. The van der Waals surface area contributed by atoms with E-state index in [9.17, 15) is 5.11 Å². The van der Waals surface area contributed by atoms with Crippen molar-refractivity contribution < 1.29 is 5.11 Å². The van der Waals surface area contributed by atoms with Crippen molar-refractivity contribution in [2.45, 2.75) is 6.42 Å². The van der Waals surface area contributed by atoms with Gasteiger partial charge in [0.05, 0.1) is 0 Å². The highest BCUT2D eigenvalue weighted by Crippen LogP contribution is 2.14. The summed E-state index contributed by atoms with van der Waals surface area (Å²) in [4.78, 5) is 0. The molecule has 0 aromatic heterocycles. The lowest BCUT2D eigenvalue weighted by Gasteiger charge is -2.02. The van der Waals surface area contributed by atoms with Crippen molar-refractivity contribution in [2.75, 3.05) is 0 Å². The van der Waals surface area contributed by atoms with Crippen LogP contribution in [0.25, 0.3) is 11.8 Å². The van der Waals surface area contributed by atoms with Crippen LogP contribution in [0.5, 0.6) is 0 Å². The molecule has 0 amide bonds. The fourth-order valence-corrected chi connectivity index (χ4v) is 2.16. The van der Waals surface area contributed by atoms with Crippen LogP contribution in [0.2, 0.25) is 0 Å². The Kier molecular flexibility index (Phi) is 2.03. The van der Waals surface area contributed by atoms with E-state index in [1.54, 1.807) is 0 Å². The minimum absolute atomic E-state index is 0.455. The Balaban J connectivity index is 2.41. The third-order valence-corrected chi connectivity index (χ3v) is 3.00. The van der Waals surface area contributed by atoms with E-state index in [2.05, 4.69) is 18.2 Å². The Hall–Kier alpha value is -2.02. The van der Waals surface area contributed by atoms with Gasteiger partial charge in [0.1, 0.15) is 5.76 Å². The van der Waals surface area contributed by atoms with Gasteiger partial charge in [-0.1, -0.05) is 48.5 Å². The summed E-state index contributed by atoms with van der Waals surface area (Å²) in [5.41, 5.74) is 2.37. The van der Waals surface area contributed by atoms with Crippen LogP contribution < -0.4 is 10.4 Å². The molecule has 16 heavy (non-hydrogen) atoms. The quantitative estimate of drug-likeness (QED) is 0.699. The first-order valence-corrected chi connectivity index (χ1v) is 5.41. The van der Waals surface area contributed by atoms with Crippen LogP contribution in [-0.4, -0.2) is 5.11 Å². The van der Waals surface area contributed by atoms with Crippen LogP contribution in [0.1, 0.15) is 11.1 Å². The van der Waals surface area contributed by atoms with Crippen molar-refractivity contribution in [1.29, 1.82) is 0 Å². The molecule has 0 spiro atoms. The second-order valence-corrected chi connectivity index (χ2v) is 4.05. The molecule has 2 aromatic rings. The maximum atomic E-state index is 10.1. The van der Waals surface area contributed by atoms with Crippen molar-refractivity contribution >= 4 is 11.8 Å². The fourth-order valence-electron chi connectivity index (χ4n) is 2.16. The van der Waals surface area contributed by atoms with E-state index in [4.69, 9.17) is 0 Å². The molecule has 0 heterocycles. The molecule has 0 atom stereocenters. The molecule has 2 aromatic carbocycles. The van der Waals surface area contributed by atoms with Gasteiger partial charge >= 0.3 is 0 Å². The highest BCUT2D eigenvalue weighted by molar-refractivity contribution is 5.60. The zero-order chi connectivity index (χ0) is 11.0. The van der Waals surface area contributed by atoms with Gasteiger partial charge in [-0.3, -0.25) is 0 Å². The lowest BCUT2D eigenvalue weighted by Crippen LogP contribution is -2.25. The zero-order valence-corrected chi connectivity index (χ0v) is 8.85. The van der Waals surface area contributed by atoms with E-state index < -0.39 is 0 Å². The Labute approximate surface area is 94.0 Å². The molecule has 1 aliphatic rings. The van der Waals surface area contributed by atoms with E-state index in [0.717, 1.165) is 10.4 Å². The van der Waals surface area contributed by atoms with Gasteiger partial charge in [-0.05, 0) is 22.4 Å². The van der Waals surface area contributed by atoms with E-state index in [0.29, 0.717) is 12.2 Å². The number of rotatable bonds is 0. The second kappa shape index (κ2) is 3.53. The monoisotopic (exact) mass is 208 g/mol. The molecular weight excluding hydrogens is 196 g/mol. The number of hydrogen-bond acceptors (Lipinski definition) is 1. The minimum atomic E-state index is 0.455. The normalized spacial score (nSPS) is 13.4. The largest absolute Gasteiger partial charge is 0.511 e. The molecule has 1 aliphatic carbocycles. The van der Waals surface area contributed by atoms with Gasteiger partial charge in [0, 0.05) is 11.6 Å². The van der Waals surface area contributed by atoms with Crippen molar-refractivity contribution in [3.05, 3.63) is 70.1 Å². The van der Waals surface area contributed by atoms with Crippen molar-refractivity contribution in [3.8, 4) is 0 Å². The first kappa shape index (κ1) is 9.22. The highest BCUT2D eigenvalue weighted by atomic mass is 16.3. The van der Waals surface area contributed by atoms with Gasteiger partial charge in [-0.2, -0.15) is 0 Å². The summed E-state index contributed by atoms with van der Waals surface area (Å²) in [7, 11) is 0. The predicted octanol–water partition coefficient (Wildman–Crippen LogP) is 1.74. The molecule has 3 rings (SSSR count). The molecule has 0 unspecified atom stereocenters. The average molecular weight is 208 g/mol. The topological polar surface area (TPSA) is 20.2 Å². The van der Waals surface area contributed by atoms with Gasteiger partial charge in [-0.15, -0.1) is 0 Å². The molecule has 0 saturated carbocycles. The third kappa shape index (κ3) is 1.41. The predicted molar refractivity (Wildman–Crippen MR) is 65.4 cm³/mol. The van der Waals surface area contributed by atoms with E-state index in [1.807, 2.05) is 36.4 Å². The van der Waals surface area contributed by atoms with E-state index >= 15 is 0 Å². The smallest absolute Gasteiger partial charge is 0.104 e. The summed E-state index contributed by atoms with van der Waals surface area (Å²) in [6, 6.07) is 16.1. The highest BCUT2D eigenvalue weighted by Gasteiger charge is 2.06. The van der Waals surface area contributed by atoms with Crippen LogP contribution in [0.3, 0.4) is 0 Å². The average Bonchev–Trinajstić information content (AvgIpc) is 2.45. The van der Waals surface area contributed by atoms with Crippen LogP contribution in [-0.2, 0) is 6.42 Å². The summed E-state index contributed by atoms with van der Waals surface area (Å²) >= 11 is 0. The van der Waals surface area contributed by atoms with Crippen molar-refractivity contribution in [1.82, 2.24) is 0 Å². The van der Waals surface area contributed by atoms with Crippen LogP contribution in [0.4, 0.5) is 0 Å². The Bertz CT molecular complexity index is 653. The summed E-state index contributed by atoms with van der Waals surface area (Å²) in [5.74, 6) is 0.455. The van der Waals surface area contributed by atoms with Crippen LogP contribution in [0, 0.1) is 0 Å². The molecule has 0 saturated heterocycles. The third-order valence-electron chi connectivity index (χ3n) is 3.00. The zero-order valence-electron chi connectivity index (χ0n) is 8.85. The maximum Gasteiger partial charge on any atom is 0.104 e. The fraction of sp³-hybridized carbons (Fsp3) is 0.0667. The summed E-state index contributed by atoms with van der Waals surface area (Å²) < 4.78 is 0. The van der Waals surface area contributed by atoms with Gasteiger partial charge in [-0.25, -0.2) is 0 Å². The second-order valence-electron chi connectivity index (χ2n) is 4.05. The molecule has 0 bridgehead atoms. The summed E-state index contributed by atoms with van der Waals surface area (Å²) in [5, 5.41) is 12.1. The Morgan fingerprint density at radius 1 is 0.875 bits per heavy atom. The Morgan fingerprint density at radius 2 is 1.62 bits per heavy atom. The van der Waals surface area contributed by atoms with Gasteiger partial charge < -0.3 is 5.11 Å². The van der Waals surface area contributed by atoms with E-state index in [-0.39, 0.29) is 0 Å². The first-order valence-electron chi connectivity index (χ1n) is 5.41. The molecule has 1 heteroatoms. The van der Waals surface area contributed by atoms with Crippen LogP contribution >= 0.6 is 0 Å². The summed E-state index contributed by atoms with van der Waals surface area (Å²) in [6.07, 6.45) is 2.75. The Morgan fingerprint density at radius 3 is 2.56 bits per heavy atom. The first-order chi connectivity index (χ1) is 7.84. The molecule has 1 N–H and O–H groups in total. The number of fused-ring (bicyclic) bond motifs is 2. The van der Waals surface area contributed by atoms with E-state index in [1.165, 1.54) is 11.1 Å². The summed E-state index contributed by atoms with van der Waals surface area (Å²) in [6.45, 7) is 0. The molecule has 0 fully saturated rings. The van der Waals surface area contributed by atoms with Crippen molar-refractivity contribution in [2.24, 2.45) is 0 Å². The van der Waals surface area contributed by atoms with Crippen molar-refractivity contribution in [3.63, 3.8) is 0 Å². The van der Waals surface area contributed by atoms with Crippen LogP contribution in [0.15, 0.2) is 48.5 Å². The maximum absolute atomic E-state index is 10.1. The molecular formula is C15H12O. The van der Waals surface area contributed by atoms with Gasteiger partial charge in [0.2, 0.25) is 0 Å². The SMILES string of the molecule is OC1=c2ccccc2=Cc2ccccc2C1. The molecule has 0 aliphatic heterocycles. The number of benzene rings is 2. The van der Waals surface area contributed by atoms with Gasteiger partial charge in [0.15, 0.2) is 0 Å². The number of hydrogen-bond donors (Lipinski definition) is 1. The lowest BCUT2D eigenvalue weighted by molar-refractivity contribution is 0.486. The number of aliphatic hydroxyl groups excluding tert-OH is 1. The number of aliphatic hydroxyl groups is 1. The molecule has 1 nitrogen and oxygen atoms in total. The lowest BCUT2D eigenvalue weighted by atomic mass is 10.0.